The van der Waals surface area contributed by atoms with Gasteiger partial charge in [0, 0.05) is 45.8 Å². The van der Waals surface area contributed by atoms with E-state index in [9.17, 15) is 4.79 Å². The Morgan fingerprint density at radius 1 is 0.929 bits per heavy atom. The van der Waals surface area contributed by atoms with Crippen molar-refractivity contribution in [3.05, 3.63) is 53.7 Å². The van der Waals surface area contributed by atoms with Crippen LogP contribution in [0.4, 0.5) is 5.82 Å². The van der Waals surface area contributed by atoms with E-state index in [1.165, 1.54) is 5.56 Å². The van der Waals surface area contributed by atoms with Crippen molar-refractivity contribution in [1.82, 2.24) is 20.0 Å². The molecular weight excluding hydrogens is 350 g/mol. The second-order valence-corrected chi connectivity index (χ2v) is 8.00. The molecule has 2 aliphatic heterocycles. The number of hydrogen-bond donors (Lipinski definition) is 0. The van der Waals surface area contributed by atoms with Crippen LogP contribution in [0.15, 0.2) is 42.5 Å². The Kier molecular flexibility index (Phi) is 5.86. The lowest BCUT2D eigenvalue weighted by molar-refractivity contribution is 0.0690. The van der Waals surface area contributed by atoms with Crippen molar-refractivity contribution in [3.63, 3.8) is 0 Å². The number of benzene rings is 1. The van der Waals surface area contributed by atoms with Gasteiger partial charge in [0.05, 0.1) is 0 Å². The Hall–Kier alpha value is -2.47. The summed E-state index contributed by atoms with van der Waals surface area (Å²) in [6, 6.07) is 14.4. The Morgan fingerprint density at radius 3 is 2.29 bits per heavy atom. The first-order valence-corrected chi connectivity index (χ1v) is 10.3. The first-order valence-electron chi connectivity index (χ1n) is 10.3. The van der Waals surface area contributed by atoms with Crippen LogP contribution in [0, 0.1) is 5.92 Å². The van der Waals surface area contributed by atoms with Gasteiger partial charge in [-0.2, -0.15) is 0 Å². The highest BCUT2D eigenvalue weighted by molar-refractivity contribution is 5.92. The first-order chi connectivity index (χ1) is 13.7. The van der Waals surface area contributed by atoms with Crippen molar-refractivity contribution in [2.45, 2.75) is 26.3 Å². The molecule has 0 N–H and O–H groups in total. The zero-order chi connectivity index (χ0) is 19.3. The van der Waals surface area contributed by atoms with Gasteiger partial charge in [0.25, 0.3) is 5.91 Å². The third-order valence-electron chi connectivity index (χ3n) is 5.89. The standard InChI is InChI=1S/C22H29N5O/c1-18-9-11-27(12-10-18)22(28)20-7-8-21(24-23-20)26-15-13-25(14-16-26)17-19-5-3-2-4-6-19/h2-8,18H,9-17H2,1H3. The molecule has 0 bridgehead atoms. The number of nitrogens with zero attached hydrogens (tertiary/aromatic N) is 5. The molecule has 3 heterocycles. The Bertz CT molecular complexity index is 763. The normalized spacial score (nSPS) is 19.0. The number of anilines is 1. The van der Waals surface area contributed by atoms with E-state index in [1.807, 2.05) is 17.0 Å². The molecule has 2 aliphatic rings. The molecule has 148 valence electrons. The number of hydrogen-bond acceptors (Lipinski definition) is 5. The summed E-state index contributed by atoms with van der Waals surface area (Å²) in [6.07, 6.45) is 2.15. The molecule has 6 heteroatoms. The van der Waals surface area contributed by atoms with E-state index in [0.29, 0.717) is 11.6 Å². The number of carbonyl (C=O) groups is 1. The van der Waals surface area contributed by atoms with Crippen LogP contribution >= 0.6 is 0 Å². The van der Waals surface area contributed by atoms with Crippen LogP contribution in [-0.2, 0) is 6.54 Å². The molecule has 0 spiro atoms. The molecule has 0 unspecified atom stereocenters. The average molecular weight is 380 g/mol. The van der Waals surface area contributed by atoms with E-state index in [4.69, 9.17) is 0 Å². The molecule has 2 fully saturated rings. The van der Waals surface area contributed by atoms with Crippen LogP contribution < -0.4 is 4.90 Å². The van der Waals surface area contributed by atoms with Gasteiger partial charge in [-0.05, 0) is 36.5 Å². The molecule has 1 amide bonds. The van der Waals surface area contributed by atoms with Gasteiger partial charge in [-0.1, -0.05) is 37.3 Å². The van der Waals surface area contributed by atoms with Crippen LogP contribution in [0.1, 0.15) is 35.8 Å². The summed E-state index contributed by atoms with van der Waals surface area (Å²) in [6.45, 7) is 8.75. The molecule has 1 aromatic heterocycles. The van der Waals surface area contributed by atoms with Gasteiger partial charge in [0.15, 0.2) is 11.5 Å². The van der Waals surface area contributed by atoms with Gasteiger partial charge < -0.3 is 9.80 Å². The van der Waals surface area contributed by atoms with Crippen LogP contribution in [0.25, 0.3) is 0 Å². The summed E-state index contributed by atoms with van der Waals surface area (Å²) in [5.74, 6) is 1.58. The van der Waals surface area contributed by atoms with E-state index in [1.54, 1.807) is 0 Å². The highest BCUT2D eigenvalue weighted by atomic mass is 16.2. The predicted molar refractivity (Wildman–Crippen MR) is 110 cm³/mol. The van der Waals surface area contributed by atoms with Crippen molar-refractivity contribution < 1.29 is 4.79 Å². The maximum Gasteiger partial charge on any atom is 0.274 e. The lowest BCUT2D eigenvalue weighted by Gasteiger charge is -2.35. The third kappa shape index (κ3) is 4.50. The van der Waals surface area contributed by atoms with Crippen LogP contribution in [0.3, 0.4) is 0 Å². The SMILES string of the molecule is CC1CCN(C(=O)c2ccc(N3CCN(Cc4ccccc4)CC3)nn2)CC1. The van der Waals surface area contributed by atoms with E-state index in [-0.39, 0.29) is 5.91 Å². The number of likely N-dealkylation sites (tertiary alicyclic amines) is 1. The Morgan fingerprint density at radius 2 is 1.64 bits per heavy atom. The maximum absolute atomic E-state index is 12.6. The molecule has 1 aromatic carbocycles. The Balaban J connectivity index is 1.30. The minimum absolute atomic E-state index is 0.0126. The highest BCUT2D eigenvalue weighted by Crippen LogP contribution is 2.19. The number of piperazine rings is 1. The summed E-state index contributed by atoms with van der Waals surface area (Å²) in [7, 11) is 0. The molecule has 0 atom stereocenters. The number of rotatable bonds is 4. The van der Waals surface area contributed by atoms with Gasteiger partial charge in [0.1, 0.15) is 0 Å². The molecule has 2 saturated heterocycles. The second-order valence-electron chi connectivity index (χ2n) is 8.00. The van der Waals surface area contributed by atoms with E-state index in [2.05, 4.69) is 57.3 Å². The predicted octanol–water partition coefficient (Wildman–Crippen LogP) is 2.67. The smallest absolute Gasteiger partial charge is 0.274 e. The fourth-order valence-corrected chi connectivity index (χ4v) is 3.96. The van der Waals surface area contributed by atoms with E-state index < -0.39 is 0 Å². The number of amides is 1. The maximum atomic E-state index is 12.6. The average Bonchev–Trinajstić information content (AvgIpc) is 2.75. The van der Waals surface area contributed by atoms with Crippen LogP contribution in [0.2, 0.25) is 0 Å². The van der Waals surface area contributed by atoms with E-state index >= 15 is 0 Å². The minimum atomic E-state index is 0.0126. The molecule has 2 aromatic rings. The van der Waals surface area contributed by atoms with Crippen molar-refractivity contribution in [1.29, 1.82) is 0 Å². The number of piperidine rings is 1. The topological polar surface area (TPSA) is 52.6 Å². The summed E-state index contributed by atoms with van der Waals surface area (Å²) < 4.78 is 0. The number of carbonyl (C=O) groups excluding carboxylic acids is 1. The van der Waals surface area contributed by atoms with Crippen molar-refractivity contribution in [2.24, 2.45) is 5.92 Å². The quantitative estimate of drug-likeness (QED) is 0.818. The van der Waals surface area contributed by atoms with Crippen LogP contribution in [-0.4, -0.2) is 65.2 Å². The first kappa shape index (κ1) is 18.9. The van der Waals surface area contributed by atoms with Crippen molar-refractivity contribution in [3.8, 4) is 0 Å². The molecule has 0 saturated carbocycles. The zero-order valence-corrected chi connectivity index (χ0v) is 16.6. The molecular formula is C22H29N5O. The third-order valence-corrected chi connectivity index (χ3v) is 5.89. The fraction of sp³-hybridized carbons (Fsp3) is 0.500. The highest BCUT2D eigenvalue weighted by Gasteiger charge is 2.23. The van der Waals surface area contributed by atoms with Gasteiger partial charge in [-0.15, -0.1) is 10.2 Å². The minimum Gasteiger partial charge on any atom is -0.353 e. The summed E-state index contributed by atoms with van der Waals surface area (Å²) in [5, 5.41) is 8.59. The fourth-order valence-electron chi connectivity index (χ4n) is 3.96. The second kappa shape index (κ2) is 8.69. The summed E-state index contributed by atoms with van der Waals surface area (Å²) in [5.41, 5.74) is 1.81. The monoisotopic (exact) mass is 379 g/mol. The van der Waals surface area contributed by atoms with Crippen molar-refractivity contribution >= 4 is 11.7 Å². The van der Waals surface area contributed by atoms with E-state index in [0.717, 1.165) is 64.5 Å². The summed E-state index contributed by atoms with van der Waals surface area (Å²) in [4.78, 5) is 19.2. The lowest BCUT2D eigenvalue weighted by Crippen LogP contribution is -2.46. The lowest BCUT2D eigenvalue weighted by atomic mass is 9.99. The molecule has 6 nitrogen and oxygen atoms in total. The Labute approximate surface area is 167 Å². The zero-order valence-electron chi connectivity index (χ0n) is 16.6. The number of aromatic nitrogens is 2. The van der Waals surface area contributed by atoms with Crippen LogP contribution in [0.5, 0.6) is 0 Å². The van der Waals surface area contributed by atoms with Gasteiger partial charge in [0.2, 0.25) is 0 Å². The van der Waals surface area contributed by atoms with Crippen molar-refractivity contribution in [2.75, 3.05) is 44.2 Å². The largest absolute Gasteiger partial charge is 0.353 e. The van der Waals surface area contributed by atoms with Gasteiger partial charge in [-0.3, -0.25) is 9.69 Å². The molecule has 28 heavy (non-hydrogen) atoms. The van der Waals surface area contributed by atoms with Gasteiger partial charge in [-0.25, -0.2) is 0 Å². The molecule has 0 aliphatic carbocycles. The summed E-state index contributed by atoms with van der Waals surface area (Å²) >= 11 is 0. The molecule has 0 radical (unpaired) electrons. The van der Waals surface area contributed by atoms with Gasteiger partial charge >= 0.3 is 0 Å². The molecule has 4 rings (SSSR count).